The molecule has 0 fully saturated rings. The summed E-state index contributed by atoms with van der Waals surface area (Å²) >= 11 is 0. The summed E-state index contributed by atoms with van der Waals surface area (Å²) in [6.07, 6.45) is -1.64. The maximum atomic E-state index is 13.1. The number of alkyl halides is 3. The van der Waals surface area contributed by atoms with Crippen LogP contribution in [0.2, 0.25) is 0 Å². The number of aryl methyl sites for hydroxylation is 2. The van der Waals surface area contributed by atoms with Crippen LogP contribution in [-0.4, -0.2) is 41.4 Å². The molecule has 0 radical (unpaired) electrons. The zero-order valence-electron chi connectivity index (χ0n) is 18.7. The van der Waals surface area contributed by atoms with Crippen LogP contribution < -0.4 is 15.2 Å². The third kappa shape index (κ3) is 4.18. The molecule has 0 aliphatic carbocycles. The number of imidazole rings is 2. The Morgan fingerprint density at radius 3 is 2.49 bits per heavy atom. The second kappa shape index (κ2) is 8.46. The summed E-state index contributed by atoms with van der Waals surface area (Å²) in [5, 5.41) is 0. The predicted octanol–water partition coefficient (Wildman–Crippen LogP) is 4.22. The van der Waals surface area contributed by atoms with Crippen LogP contribution in [0.5, 0.6) is 17.5 Å². The minimum absolute atomic E-state index is 0.0742. The van der Waals surface area contributed by atoms with E-state index in [0.717, 1.165) is 0 Å². The van der Waals surface area contributed by atoms with Gasteiger partial charge in [0, 0.05) is 25.9 Å². The lowest BCUT2D eigenvalue weighted by Gasteiger charge is -2.09. The van der Waals surface area contributed by atoms with Crippen LogP contribution in [0.1, 0.15) is 6.92 Å². The third-order valence-corrected chi connectivity index (χ3v) is 5.36. The smallest absolute Gasteiger partial charge is 0.422 e. The third-order valence-electron chi connectivity index (χ3n) is 5.36. The van der Waals surface area contributed by atoms with Crippen LogP contribution in [0.15, 0.2) is 59.7 Å². The minimum atomic E-state index is -4.48. The molecule has 1 aromatic carbocycles. The van der Waals surface area contributed by atoms with Crippen LogP contribution >= 0.6 is 0 Å². The number of hydrogen-bond acceptors (Lipinski definition) is 6. The van der Waals surface area contributed by atoms with Crippen molar-refractivity contribution < 1.29 is 22.6 Å². The van der Waals surface area contributed by atoms with Crippen LogP contribution in [0.25, 0.3) is 28.0 Å². The first kappa shape index (κ1) is 22.4. The molecule has 4 aromatic heterocycles. The maximum Gasteiger partial charge on any atom is 0.422 e. The van der Waals surface area contributed by atoms with Crippen molar-refractivity contribution in [1.82, 2.24) is 28.7 Å². The van der Waals surface area contributed by atoms with Crippen LogP contribution in [0.4, 0.5) is 13.2 Å². The summed E-state index contributed by atoms with van der Waals surface area (Å²) < 4.78 is 52.8. The number of fused-ring (bicyclic) bond motifs is 2. The Bertz CT molecular complexity index is 1580. The summed E-state index contributed by atoms with van der Waals surface area (Å²) in [4.78, 5) is 26.0. The second-order valence-electron chi connectivity index (χ2n) is 7.68. The average Bonchev–Trinajstić information content (AvgIpc) is 3.30. The van der Waals surface area contributed by atoms with E-state index in [1.807, 2.05) is 6.07 Å². The Labute approximate surface area is 196 Å². The highest BCUT2D eigenvalue weighted by Gasteiger charge is 2.28. The number of nitrogens with zero attached hydrogens (tertiary/aromatic N) is 6. The quantitative estimate of drug-likeness (QED) is 0.359. The Morgan fingerprint density at radius 2 is 1.80 bits per heavy atom. The number of aromatic nitrogens is 6. The number of benzene rings is 1. The van der Waals surface area contributed by atoms with Crippen molar-refractivity contribution in [1.29, 1.82) is 0 Å². The van der Waals surface area contributed by atoms with Gasteiger partial charge in [-0.1, -0.05) is 0 Å². The summed E-state index contributed by atoms with van der Waals surface area (Å²) in [7, 11) is 1.80. The Balaban J connectivity index is 1.47. The van der Waals surface area contributed by atoms with Crippen LogP contribution in [-0.2, 0) is 13.6 Å². The monoisotopic (exact) mass is 484 g/mol. The molecule has 9 nitrogen and oxygen atoms in total. The molecular formula is C23H19F3N6O3. The number of ether oxygens (including phenoxy) is 2. The predicted molar refractivity (Wildman–Crippen MR) is 121 cm³/mol. The molecule has 0 spiro atoms. The molecular weight excluding hydrogens is 465 g/mol. The summed E-state index contributed by atoms with van der Waals surface area (Å²) in [5.41, 5.74) is 2.18. The number of halogens is 3. The molecule has 0 saturated heterocycles. The van der Waals surface area contributed by atoms with E-state index in [-0.39, 0.29) is 11.4 Å². The molecule has 0 aliphatic heterocycles. The zero-order chi connectivity index (χ0) is 24.7. The molecule has 0 unspecified atom stereocenters. The first-order chi connectivity index (χ1) is 16.7. The normalized spacial score (nSPS) is 11.9. The fourth-order valence-corrected chi connectivity index (χ4v) is 3.76. The standard InChI is InChI=1S/C23H19F3N6O3/c1-3-31-18-11-16(34-13-23(24,25)26)12-28-20(18)32(22(31)33)14-6-8-15(9-7-14)35-21-29-17-5-4-10-27-19(17)30(21)2/h4-12H,3,13H2,1-2H3. The highest BCUT2D eigenvalue weighted by atomic mass is 19.4. The summed E-state index contributed by atoms with van der Waals surface area (Å²) in [5.74, 6) is 0.421. The Kier molecular flexibility index (Phi) is 5.42. The van der Waals surface area contributed by atoms with Crippen LogP contribution in [0, 0.1) is 0 Å². The molecule has 0 saturated carbocycles. The van der Waals surface area contributed by atoms with Gasteiger partial charge in [0.1, 0.15) is 17.0 Å². The van der Waals surface area contributed by atoms with Gasteiger partial charge in [0.2, 0.25) is 0 Å². The average molecular weight is 484 g/mol. The van der Waals surface area contributed by atoms with Gasteiger partial charge in [-0.2, -0.15) is 18.2 Å². The molecule has 5 aromatic rings. The van der Waals surface area contributed by atoms with E-state index < -0.39 is 12.8 Å². The van der Waals surface area contributed by atoms with Gasteiger partial charge in [-0.05, 0) is 43.3 Å². The molecule has 5 rings (SSSR count). The fraction of sp³-hybridized carbons (Fsp3) is 0.217. The van der Waals surface area contributed by atoms with Crippen molar-refractivity contribution in [2.75, 3.05) is 6.61 Å². The molecule has 35 heavy (non-hydrogen) atoms. The number of rotatable bonds is 6. The lowest BCUT2D eigenvalue weighted by molar-refractivity contribution is -0.153. The first-order valence-corrected chi connectivity index (χ1v) is 10.6. The number of hydrogen-bond donors (Lipinski definition) is 0. The molecule has 4 heterocycles. The first-order valence-electron chi connectivity index (χ1n) is 10.6. The van der Waals surface area contributed by atoms with E-state index in [4.69, 9.17) is 9.47 Å². The van der Waals surface area contributed by atoms with Crippen molar-refractivity contribution in [3.8, 4) is 23.2 Å². The largest absolute Gasteiger partial charge is 0.482 e. The van der Waals surface area contributed by atoms with Gasteiger partial charge in [-0.25, -0.2) is 19.3 Å². The minimum Gasteiger partial charge on any atom is -0.482 e. The molecule has 12 heteroatoms. The van der Waals surface area contributed by atoms with E-state index in [9.17, 15) is 18.0 Å². The van der Waals surface area contributed by atoms with Gasteiger partial charge in [-0.15, -0.1) is 0 Å². The molecule has 0 aliphatic rings. The van der Waals surface area contributed by atoms with Gasteiger partial charge < -0.3 is 9.47 Å². The van der Waals surface area contributed by atoms with E-state index in [1.165, 1.54) is 21.4 Å². The second-order valence-corrected chi connectivity index (χ2v) is 7.68. The van der Waals surface area contributed by atoms with Crippen molar-refractivity contribution in [3.05, 3.63) is 65.3 Å². The Morgan fingerprint density at radius 1 is 1.03 bits per heavy atom. The molecule has 0 amide bonds. The lowest BCUT2D eigenvalue weighted by Crippen LogP contribution is -2.22. The SMILES string of the molecule is CCn1c(=O)n(-c2ccc(Oc3nc4cccnc4n3C)cc2)c2ncc(OCC(F)(F)F)cc21. The molecule has 0 atom stereocenters. The molecule has 0 N–H and O–H groups in total. The van der Waals surface area contributed by atoms with Crippen molar-refractivity contribution in [3.63, 3.8) is 0 Å². The van der Waals surface area contributed by atoms with Gasteiger partial charge in [0.25, 0.3) is 0 Å². The fourth-order valence-electron chi connectivity index (χ4n) is 3.76. The topological polar surface area (TPSA) is 89.0 Å². The van der Waals surface area contributed by atoms with E-state index in [1.54, 1.807) is 55.1 Å². The molecule has 0 bridgehead atoms. The number of pyridine rings is 2. The van der Waals surface area contributed by atoms with E-state index in [0.29, 0.717) is 46.3 Å². The summed E-state index contributed by atoms with van der Waals surface area (Å²) in [6.45, 7) is 0.617. The van der Waals surface area contributed by atoms with E-state index in [2.05, 4.69) is 15.0 Å². The molecule has 180 valence electrons. The van der Waals surface area contributed by atoms with E-state index >= 15 is 0 Å². The maximum absolute atomic E-state index is 13.1. The van der Waals surface area contributed by atoms with Crippen molar-refractivity contribution in [2.45, 2.75) is 19.6 Å². The summed E-state index contributed by atoms with van der Waals surface area (Å²) in [6, 6.07) is 12.1. The lowest BCUT2D eigenvalue weighted by atomic mass is 10.3. The van der Waals surface area contributed by atoms with Crippen molar-refractivity contribution >= 4 is 22.3 Å². The highest BCUT2D eigenvalue weighted by Crippen LogP contribution is 2.26. The Hall–Kier alpha value is -4.35. The zero-order valence-corrected chi connectivity index (χ0v) is 18.7. The van der Waals surface area contributed by atoms with Crippen LogP contribution in [0.3, 0.4) is 0 Å². The van der Waals surface area contributed by atoms with Gasteiger partial charge in [0.15, 0.2) is 17.9 Å². The van der Waals surface area contributed by atoms with Gasteiger partial charge >= 0.3 is 17.9 Å². The van der Waals surface area contributed by atoms with Gasteiger partial charge in [0.05, 0.1) is 17.4 Å². The van der Waals surface area contributed by atoms with Gasteiger partial charge in [-0.3, -0.25) is 9.13 Å². The van der Waals surface area contributed by atoms with Crippen molar-refractivity contribution in [2.24, 2.45) is 7.05 Å². The highest BCUT2D eigenvalue weighted by molar-refractivity contribution is 5.75.